The molecule has 1 aromatic carbocycles. The molecule has 1 aliphatic rings. The SMILES string of the molecule is CN=C(NCc1cccc(OC)n1)N1CCN(c2ccccc2OC)CC1. The number of ether oxygens (including phenoxy) is 2. The van der Waals surface area contributed by atoms with Crippen molar-refractivity contribution in [2.45, 2.75) is 6.54 Å². The van der Waals surface area contributed by atoms with E-state index in [-0.39, 0.29) is 0 Å². The van der Waals surface area contributed by atoms with Gasteiger partial charge in [0, 0.05) is 39.3 Å². The molecule has 0 aliphatic carbocycles. The number of aromatic nitrogens is 1. The Balaban J connectivity index is 1.57. The zero-order valence-corrected chi connectivity index (χ0v) is 16.2. The highest BCUT2D eigenvalue weighted by Gasteiger charge is 2.21. The van der Waals surface area contributed by atoms with Crippen LogP contribution in [0.5, 0.6) is 11.6 Å². The van der Waals surface area contributed by atoms with Crippen LogP contribution in [0.1, 0.15) is 5.69 Å². The summed E-state index contributed by atoms with van der Waals surface area (Å²) in [6, 6.07) is 13.9. The number of rotatable bonds is 5. The van der Waals surface area contributed by atoms with E-state index in [0.29, 0.717) is 12.4 Å². The summed E-state index contributed by atoms with van der Waals surface area (Å²) in [5, 5.41) is 3.40. The Kier molecular flexibility index (Phi) is 6.35. The Hall–Kier alpha value is -2.96. The van der Waals surface area contributed by atoms with Crippen LogP contribution in [0.2, 0.25) is 0 Å². The number of para-hydroxylation sites is 2. The van der Waals surface area contributed by atoms with Gasteiger partial charge in [0.05, 0.1) is 32.1 Å². The van der Waals surface area contributed by atoms with Crippen molar-refractivity contribution < 1.29 is 9.47 Å². The molecule has 1 N–H and O–H groups in total. The Bertz CT molecular complexity index is 772. The van der Waals surface area contributed by atoms with Crippen molar-refractivity contribution in [2.24, 2.45) is 4.99 Å². The summed E-state index contributed by atoms with van der Waals surface area (Å²) in [6.07, 6.45) is 0. The smallest absolute Gasteiger partial charge is 0.213 e. The number of guanidine groups is 1. The van der Waals surface area contributed by atoms with Crippen LogP contribution < -0.4 is 19.7 Å². The van der Waals surface area contributed by atoms with Gasteiger partial charge in [0.15, 0.2) is 5.96 Å². The Labute approximate surface area is 160 Å². The predicted molar refractivity (Wildman–Crippen MR) is 108 cm³/mol. The molecule has 0 bridgehead atoms. The number of hydrogen-bond acceptors (Lipinski definition) is 5. The van der Waals surface area contributed by atoms with Gasteiger partial charge in [-0.05, 0) is 18.2 Å². The van der Waals surface area contributed by atoms with Gasteiger partial charge in [-0.15, -0.1) is 0 Å². The monoisotopic (exact) mass is 369 g/mol. The van der Waals surface area contributed by atoms with E-state index >= 15 is 0 Å². The summed E-state index contributed by atoms with van der Waals surface area (Å²) < 4.78 is 10.7. The normalized spacial score (nSPS) is 14.9. The third-order valence-corrected chi connectivity index (χ3v) is 4.63. The number of hydrogen-bond donors (Lipinski definition) is 1. The van der Waals surface area contributed by atoms with E-state index in [9.17, 15) is 0 Å². The second-order valence-electron chi connectivity index (χ2n) is 6.22. The molecule has 3 rings (SSSR count). The first kappa shape index (κ1) is 18.8. The van der Waals surface area contributed by atoms with Gasteiger partial charge in [0.25, 0.3) is 0 Å². The number of aliphatic imine (C=N–C) groups is 1. The van der Waals surface area contributed by atoms with E-state index in [0.717, 1.165) is 49.3 Å². The lowest BCUT2D eigenvalue weighted by Crippen LogP contribution is -2.52. The maximum atomic E-state index is 5.49. The third kappa shape index (κ3) is 4.61. The Morgan fingerprint density at radius 2 is 1.81 bits per heavy atom. The second kappa shape index (κ2) is 9.12. The molecule has 0 unspecified atom stereocenters. The average Bonchev–Trinajstić information content (AvgIpc) is 2.74. The van der Waals surface area contributed by atoms with Gasteiger partial charge < -0.3 is 24.6 Å². The van der Waals surface area contributed by atoms with E-state index < -0.39 is 0 Å². The first-order valence-electron chi connectivity index (χ1n) is 9.08. The van der Waals surface area contributed by atoms with Crippen molar-refractivity contribution in [2.75, 3.05) is 52.3 Å². The molecule has 7 nitrogen and oxygen atoms in total. The molecule has 1 saturated heterocycles. The molecule has 1 fully saturated rings. The lowest BCUT2D eigenvalue weighted by molar-refractivity contribution is 0.366. The minimum absolute atomic E-state index is 0.608. The van der Waals surface area contributed by atoms with Crippen molar-refractivity contribution in [3.63, 3.8) is 0 Å². The van der Waals surface area contributed by atoms with Gasteiger partial charge in [0.2, 0.25) is 5.88 Å². The molecule has 1 aliphatic heterocycles. The van der Waals surface area contributed by atoms with Crippen molar-refractivity contribution in [1.29, 1.82) is 0 Å². The van der Waals surface area contributed by atoms with Crippen molar-refractivity contribution in [3.05, 3.63) is 48.2 Å². The fourth-order valence-corrected chi connectivity index (χ4v) is 3.22. The minimum atomic E-state index is 0.608. The molecule has 7 heteroatoms. The van der Waals surface area contributed by atoms with Gasteiger partial charge in [-0.3, -0.25) is 4.99 Å². The van der Waals surface area contributed by atoms with Gasteiger partial charge in [-0.1, -0.05) is 18.2 Å². The molecule has 0 amide bonds. The highest BCUT2D eigenvalue weighted by atomic mass is 16.5. The van der Waals surface area contributed by atoms with Crippen LogP contribution >= 0.6 is 0 Å². The summed E-state index contributed by atoms with van der Waals surface area (Å²) in [5.74, 6) is 2.42. The average molecular weight is 369 g/mol. The van der Waals surface area contributed by atoms with Crippen LogP contribution in [0.4, 0.5) is 5.69 Å². The van der Waals surface area contributed by atoms with Crippen LogP contribution in [0, 0.1) is 0 Å². The molecule has 1 aromatic heterocycles. The highest BCUT2D eigenvalue weighted by Crippen LogP contribution is 2.28. The number of pyridine rings is 1. The molecule has 27 heavy (non-hydrogen) atoms. The van der Waals surface area contributed by atoms with E-state index in [1.54, 1.807) is 14.2 Å². The fraction of sp³-hybridized carbons (Fsp3) is 0.400. The van der Waals surface area contributed by atoms with Gasteiger partial charge in [-0.2, -0.15) is 0 Å². The van der Waals surface area contributed by atoms with E-state index in [2.05, 4.69) is 31.2 Å². The van der Waals surface area contributed by atoms with Crippen molar-refractivity contribution in [3.8, 4) is 11.6 Å². The number of nitrogens with zero attached hydrogens (tertiary/aromatic N) is 4. The van der Waals surface area contributed by atoms with Gasteiger partial charge >= 0.3 is 0 Å². The molecular weight excluding hydrogens is 342 g/mol. The van der Waals surface area contributed by atoms with Crippen molar-refractivity contribution in [1.82, 2.24) is 15.2 Å². The predicted octanol–water partition coefficient (Wildman–Crippen LogP) is 2.00. The van der Waals surface area contributed by atoms with E-state index in [1.807, 2.05) is 43.4 Å². The second-order valence-corrected chi connectivity index (χ2v) is 6.22. The lowest BCUT2D eigenvalue weighted by Gasteiger charge is -2.38. The zero-order valence-electron chi connectivity index (χ0n) is 16.2. The third-order valence-electron chi connectivity index (χ3n) is 4.63. The molecule has 0 spiro atoms. The van der Waals surface area contributed by atoms with Gasteiger partial charge in [0.1, 0.15) is 5.75 Å². The van der Waals surface area contributed by atoms with Gasteiger partial charge in [-0.25, -0.2) is 4.98 Å². The Morgan fingerprint density at radius 3 is 2.52 bits per heavy atom. The fourth-order valence-electron chi connectivity index (χ4n) is 3.22. The van der Waals surface area contributed by atoms with E-state index in [1.165, 1.54) is 0 Å². The largest absolute Gasteiger partial charge is 0.495 e. The molecule has 144 valence electrons. The summed E-state index contributed by atoms with van der Waals surface area (Å²) in [7, 11) is 5.15. The first-order valence-corrected chi connectivity index (χ1v) is 9.08. The molecule has 0 saturated carbocycles. The number of methoxy groups -OCH3 is 2. The minimum Gasteiger partial charge on any atom is -0.495 e. The van der Waals surface area contributed by atoms with Crippen LogP contribution in [-0.2, 0) is 6.54 Å². The standard InChI is InChI=1S/C20H27N5O2/c1-21-20(22-15-16-7-6-10-19(23-16)27-3)25-13-11-24(12-14-25)17-8-4-5-9-18(17)26-2/h4-10H,11-15H2,1-3H3,(H,21,22). The highest BCUT2D eigenvalue weighted by molar-refractivity contribution is 5.80. The summed E-state index contributed by atoms with van der Waals surface area (Å²) >= 11 is 0. The molecule has 2 aromatic rings. The van der Waals surface area contributed by atoms with Crippen LogP contribution in [0.15, 0.2) is 47.5 Å². The van der Waals surface area contributed by atoms with Crippen LogP contribution in [-0.4, -0.2) is 63.3 Å². The number of nitrogens with one attached hydrogen (secondary N) is 1. The maximum absolute atomic E-state index is 5.49. The molecule has 0 atom stereocenters. The topological polar surface area (TPSA) is 62.2 Å². The number of benzene rings is 1. The van der Waals surface area contributed by atoms with Crippen LogP contribution in [0.3, 0.4) is 0 Å². The first-order chi connectivity index (χ1) is 13.2. The van der Waals surface area contributed by atoms with E-state index in [4.69, 9.17) is 9.47 Å². The summed E-state index contributed by atoms with van der Waals surface area (Å²) in [6.45, 7) is 4.22. The lowest BCUT2D eigenvalue weighted by atomic mass is 10.2. The molecule has 0 radical (unpaired) electrons. The quantitative estimate of drug-likeness (QED) is 0.643. The zero-order chi connectivity index (χ0) is 19.1. The number of anilines is 1. The maximum Gasteiger partial charge on any atom is 0.213 e. The van der Waals surface area contributed by atoms with Crippen molar-refractivity contribution >= 4 is 11.6 Å². The summed E-state index contributed by atoms with van der Waals surface area (Å²) in [4.78, 5) is 13.5. The Morgan fingerprint density at radius 1 is 1.04 bits per heavy atom. The number of piperazine rings is 1. The molecular formula is C20H27N5O2. The van der Waals surface area contributed by atoms with Crippen LogP contribution in [0.25, 0.3) is 0 Å². The molecule has 2 heterocycles. The summed E-state index contributed by atoms with van der Waals surface area (Å²) in [5.41, 5.74) is 2.06.